The van der Waals surface area contributed by atoms with Crippen molar-refractivity contribution in [1.82, 2.24) is 5.32 Å². The average molecular weight is 199 g/mol. The van der Waals surface area contributed by atoms with E-state index in [4.69, 9.17) is 4.74 Å². The zero-order chi connectivity index (χ0) is 10.6. The summed E-state index contributed by atoms with van der Waals surface area (Å²) in [6.07, 6.45) is 2.11. The van der Waals surface area contributed by atoms with Crippen LogP contribution in [-0.4, -0.2) is 30.9 Å². The van der Waals surface area contributed by atoms with Crippen LogP contribution < -0.4 is 5.32 Å². The molecule has 1 amide bonds. The van der Waals surface area contributed by atoms with Gasteiger partial charge in [0, 0.05) is 6.61 Å². The van der Waals surface area contributed by atoms with E-state index in [0.29, 0.717) is 13.2 Å². The van der Waals surface area contributed by atoms with E-state index in [2.05, 4.69) is 12.2 Å². The smallest absolute Gasteiger partial charge is 0.233 e. The fourth-order valence-electron chi connectivity index (χ4n) is 1.50. The van der Waals surface area contributed by atoms with E-state index in [1.807, 2.05) is 0 Å². The highest BCUT2D eigenvalue weighted by Gasteiger charge is 2.42. The minimum absolute atomic E-state index is 0.0714. The number of hydrogen-bond acceptors (Lipinski definition) is 3. The van der Waals surface area contributed by atoms with Gasteiger partial charge in [0.05, 0.1) is 12.6 Å². The van der Waals surface area contributed by atoms with E-state index in [9.17, 15) is 9.59 Å². The molecule has 0 saturated carbocycles. The molecule has 80 valence electrons. The van der Waals surface area contributed by atoms with Crippen LogP contribution in [0.4, 0.5) is 0 Å². The fourth-order valence-corrected chi connectivity index (χ4v) is 1.50. The Morgan fingerprint density at radius 2 is 2.29 bits per heavy atom. The highest BCUT2D eigenvalue weighted by molar-refractivity contribution is 6.05. The Bertz CT molecular complexity index is 219. The Kier molecular flexibility index (Phi) is 4.07. The molecule has 1 N–H and O–H groups in total. The number of rotatable bonds is 6. The zero-order valence-corrected chi connectivity index (χ0v) is 8.71. The largest absolute Gasteiger partial charge is 0.379 e. The van der Waals surface area contributed by atoms with Crippen molar-refractivity contribution in [2.75, 3.05) is 13.2 Å². The maximum Gasteiger partial charge on any atom is 0.233 e. The molecule has 0 radical (unpaired) electrons. The average Bonchev–Trinajstić information content (AvgIpc) is 2.08. The number of amides is 1. The number of carbonyl (C=O) groups excluding carboxylic acids is 2. The molecule has 0 spiro atoms. The van der Waals surface area contributed by atoms with Crippen molar-refractivity contribution >= 4 is 11.7 Å². The van der Waals surface area contributed by atoms with Crippen molar-refractivity contribution in [2.45, 2.75) is 32.7 Å². The van der Waals surface area contributed by atoms with Crippen LogP contribution in [0.5, 0.6) is 0 Å². The minimum Gasteiger partial charge on any atom is -0.379 e. The van der Waals surface area contributed by atoms with Crippen LogP contribution in [0.25, 0.3) is 0 Å². The number of Topliss-reactive ketones (excluding diaryl/α,β-unsaturated/α-hetero) is 1. The van der Waals surface area contributed by atoms with E-state index in [-0.39, 0.29) is 17.7 Å². The molecule has 4 heteroatoms. The van der Waals surface area contributed by atoms with E-state index in [1.165, 1.54) is 6.92 Å². The van der Waals surface area contributed by atoms with Crippen LogP contribution in [0.1, 0.15) is 26.7 Å². The predicted molar refractivity (Wildman–Crippen MR) is 51.8 cm³/mol. The van der Waals surface area contributed by atoms with Gasteiger partial charge in [-0.15, -0.1) is 0 Å². The summed E-state index contributed by atoms with van der Waals surface area (Å²) in [6, 6.07) is -0.100. The lowest BCUT2D eigenvalue weighted by atomic mass is 9.88. The summed E-state index contributed by atoms with van der Waals surface area (Å²) >= 11 is 0. The predicted octanol–water partition coefficient (Wildman–Crippen LogP) is 0.507. The molecule has 1 fully saturated rings. The van der Waals surface area contributed by atoms with Crippen molar-refractivity contribution in [1.29, 1.82) is 0 Å². The Hall–Kier alpha value is -0.900. The van der Waals surface area contributed by atoms with Gasteiger partial charge in [-0.2, -0.15) is 0 Å². The number of nitrogens with one attached hydrogen (secondary N) is 1. The van der Waals surface area contributed by atoms with Gasteiger partial charge in [-0.05, 0) is 13.3 Å². The van der Waals surface area contributed by atoms with Gasteiger partial charge in [0.1, 0.15) is 11.7 Å². The Balaban J connectivity index is 2.20. The summed E-state index contributed by atoms with van der Waals surface area (Å²) in [5.41, 5.74) is 0. The van der Waals surface area contributed by atoms with Gasteiger partial charge in [0.15, 0.2) is 0 Å². The number of unbranched alkanes of at least 4 members (excludes halogenated alkanes) is 1. The number of ether oxygens (including phenoxy) is 1. The fraction of sp³-hybridized carbons (Fsp3) is 0.800. The van der Waals surface area contributed by atoms with Crippen molar-refractivity contribution in [2.24, 2.45) is 5.92 Å². The Morgan fingerprint density at radius 1 is 1.57 bits per heavy atom. The summed E-state index contributed by atoms with van der Waals surface area (Å²) in [6.45, 7) is 4.69. The standard InChI is InChI=1S/C10H17NO3/c1-3-4-5-14-6-8-9(7(2)12)10(13)11-8/h8-9H,3-6H2,1-2H3,(H,11,13)/t8-,9+/m0/s1. The quantitative estimate of drug-likeness (QED) is 0.385. The van der Waals surface area contributed by atoms with Crippen LogP contribution in [0, 0.1) is 5.92 Å². The monoisotopic (exact) mass is 199 g/mol. The number of carbonyl (C=O) groups is 2. The van der Waals surface area contributed by atoms with Gasteiger partial charge in [-0.25, -0.2) is 0 Å². The van der Waals surface area contributed by atoms with Gasteiger partial charge in [0.25, 0.3) is 0 Å². The number of ketones is 1. The highest BCUT2D eigenvalue weighted by atomic mass is 16.5. The van der Waals surface area contributed by atoms with Crippen molar-refractivity contribution < 1.29 is 14.3 Å². The van der Waals surface area contributed by atoms with Gasteiger partial charge in [-0.1, -0.05) is 13.3 Å². The van der Waals surface area contributed by atoms with E-state index in [1.54, 1.807) is 0 Å². The molecular weight excluding hydrogens is 182 g/mol. The normalized spacial score (nSPS) is 25.4. The van der Waals surface area contributed by atoms with E-state index in [0.717, 1.165) is 12.8 Å². The topological polar surface area (TPSA) is 55.4 Å². The maximum absolute atomic E-state index is 11.0. The first-order valence-electron chi connectivity index (χ1n) is 5.05. The summed E-state index contributed by atoms with van der Waals surface area (Å²) < 4.78 is 5.34. The minimum atomic E-state index is -0.475. The maximum atomic E-state index is 11.0. The number of β-lactam (4-membered cyclic amide) rings is 1. The molecule has 1 rings (SSSR count). The molecule has 4 nitrogen and oxygen atoms in total. The first-order valence-corrected chi connectivity index (χ1v) is 5.05. The Morgan fingerprint density at radius 3 is 2.79 bits per heavy atom. The van der Waals surface area contributed by atoms with Crippen molar-refractivity contribution in [3.05, 3.63) is 0 Å². The van der Waals surface area contributed by atoms with Crippen LogP contribution >= 0.6 is 0 Å². The molecule has 1 saturated heterocycles. The molecule has 2 atom stereocenters. The third kappa shape index (κ3) is 2.54. The van der Waals surface area contributed by atoms with Gasteiger partial charge >= 0.3 is 0 Å². The number of hydrogen-bond donors (Lipinski definition) is 1. The molecule has 1 aliphatic rings. The summed E-state index contributed by atoms with van der Waals surface area (Å²) in [7, 11) is 0. The summed E-state index contributed by atoms with van der Waals surface area (Å²) in [4.78, 5) is 22.0. The van der Waals surface area contributed by atoms with Crippen molar-refractivity contribution in [3.63, 3.8) is 0 Å². The lowest BCUT2D eigenvalue weighted by molar-refractivity contribution is -0.144. The SMILES string of the molecule is CCCCOC[C@@H]1NC(=O)[C@@H]1C(C)=O. The van der Waals surface area contributed by atoms with Gasteiger partial charge < -0.3 is 10.1 Å². The second-order valence-electron chi connectivity index (χ2n) is 3.63. The lowest BCUT2D eigenvalue weighted by Gasteiger charge is -2.34. The van der Waals surface area contributed by atoms with Crippen LogP contribution in [0.2, 0.25) is 0 Å². The van der Waals surface area contributed by atoms with Gasteiger partial charge in [0.2, 0.25) is 5.91 Å². The molecule has 0 aromatic heterocycles. The molecule has 0 bridgehead atoms. The van der Waals surface area contributed by atoms with Crippen LogP contribution in [0.3, 0.4) is 0 Å². The molecule has 0 unspecified atom stereocenters. The molecular formula is C10H17NO3. The zero-order valence-electron chi connectivity index (χ0n) is 8.71. The van der Waals surface area contributed by atoms with Crippen molar-refractivity contribution in [3.8, 4) is 0 Å². The third-order valence-electron chi connectivity index (χ3n) is 2.39. The summed E-state index contributed by atoms with van der Waals surface area (Å²) in [5, 5.41) is 2.67. The molecule has 0 aromatic carbocycles. The molecule has 1 aliphatic heterocycles. The summed E-state index contributed by atoms with van der Waals surface area (Å²) in [5.74, 6) is -0.712. The lowest BCUT2D eigenvalue weighted by Crippen LogP contribution is -2.62. The van der Waals surface area contributed by atoms with E-state index < -0.39 is 5.92 Å². The first-order chi connectivity index (χ1) is 6.66. The van der Waals surface area contributed by atoms with E-state index >= 15 is 0 Å². The Labute approximate surface area is 84.0 Å². The van der Waals surface area contributed by atoms with Crippen LogP contribution in [-0.2, 0) is 14.3 Å². The second-order valence-corrected chi connectivity index (χ2v) is 3.63. The highest BCUT2D eigenvalue weighted by Crippen LogP contribution is 2.16. The molecule has 0 aliphatic carbocycles. The third-order valence-corrected chi connectivity index (χ3v) is 2.39. The second kappa shape index (κ2) is 5.10. The first kappa shape index (κ1) is 11.2. The molecule has 14 heavy (non-hydrogen) atoms. The molecule has 1 heterocycles. The van der Waals surface area contributed by atoms with Gasteiger partial charge in [-0.3, -0.25) is 9.59 Å². The molecule has 0 aromatic rings. The van der Waals surface area contributed by atoms with Crippen LogP contribution in [0.15, 0.2) is 0 Å².